The average molecular weight is 465 g/mol. The average Bonchev–Trinajstić information content (AvgIpc) is 2.83. The number of carbonyl (C=O) groups excluding carboxylic acids is 2. The van der Waals surface area contributed by atoms with E-state index in [2.05, 4.69) is 10.6 Å². The lowest BCUT2D eigenvalue weighted by Gasteiger charge is -2.18. The summed E-state index contributed by atoms with van der Waals surface area (Å²) in [5, 5.41) is 5.80. The van der Waals surface area contributed by atoms with Crippen LogP contribution in [-0.4, -0.2) is 30.8 Å². The van der Waals surface area contributed by atoms with Gasteiger partial charge in [0.1, 0.15) is 11.5 Å². The second-order valence-corrected chi connectivity index (χ2v) is 8.04. The SMILES string of the molecule is CCOc1cc(NC(=O)c2ccccc2)c(OCC)cc1NC(=O)CSCc1ccccc1. The number of hydrogen-bond donors (Lipinski definition) is 2. The van der Waals surface area contributed by atoms with E-state index in [1.807, 2.05) is 50.2 Å². The largest absolute Gasteiger partial charge is 0.492 e. The fourth-order valence-corrected chi connectivity index (χ4v) is 3.90. The molecule has 0 heterocycles. The molecule has 0 saturated carbocycles. The summed E-state index contributed by atoms with van der Waals surface area (Å²) >= 11 is 1.54. The van der Waals surface area contributed by atoms with Crippen LogP contribution in [0.1, 0.15) is 29.8 Å². The first-order valence-corrected chi connectivity index (χ1v) is 12.0. The number of anilines is 2. The number of benzene rings is 3. The number of thioether (sulfide) groups is 1. The van der Waals surface area contributed by atoms with Crippen molar-refractivity contribution in [1.82, 2.24) is 0 Å². The zero-order valence-electron chi connectivity index (χ0n) is 18.8. The van der Waals surface area contributed by atoms with Crippen LogP contribution in [0, 0.1) is 0 Å². The number of hydrogen-bond acceptors (Lipinski definition) is 5. The Hall–Kier alpha value is -3.45. The molecule has 7 heteroatoms. The minimum Gasteiger partial charge on any atom is -0.492 e. The van der Waals surface area contributed by atoms with Crippen molar-refractivity contribution in [3.63, 3.8) is 0 Å². The standard InChI is InChI=1S/C26H28N2O4S/c1-3-31-23-16-22(28-26(30)20-13-9-6-10-14-20)24(32-4-2)15-21(23)27-25(29)18-33-17-19-11-7-5-8-12-19/h5-16H,3-4,17-18H2,1-2H3,(H,27,29)(H,28,30). The van der Waals surface area contributed by atoms with Gasteiger partial charge in [0.25, 0.3) is 5.91 Å². The highest BCUT2D eigenvalue weighted by molar-refractivity contribution is 7.99. The summed E-state index contributed by atoms with van der Waals surface area (Å²) in [5.41, 5.74) is 2.68. The summed E-state index contributed by atoms with van der Waals surface area (Å²) in [6.07, 6.45) is 0. The van der Waals surface area contributed by atoms with Gasteiger partial charge in [-0.3, -0.25) is 9.59 Å². The molecule has 0 bridgehead atoms. The van der Waals surface area contributed by atoms with Crippen molar-refractivity contribution in [3.05, 3.63) is 83.9 Å². The van der Waals surface area contributed by atoms with Gasteiger partial charge in [-0.05, 0) is 31.5 Å². The molecule has 33 heavy (non-hydrogen) atoms. The van der Waals surface area contributed by atoms with Gasteiger partial charge >= 0.3 is 0 Å². The Morgan fingerprint density at radius 1 is 0.788 bits per heavy atom. The molecule has 172 valence electrons. The molecule has 2 N–H and O–H groups in total. The molecular weight excluding hydrogens is 436 g/mol. The van der Waals surface area contributed by atoms with Gasteiger partial charge in [-0.15, -0.1) is 11.8 Å². The first-order chi connectivity index (χ1) is 16.1. The molecule has 0 unspecified atom stereocenters. The third kappa shape index (κ3) is 7.29. The fourth-order valence-electron chi connectivity index (χ4n) is 3.11. The van der Waals surface area contributed by atoms with Crippen LogP contribution in [0.3, 0.4) is 0 Å². The molecular formula is C26H28N2O4S. The van der Waals surface area contributed by atoms with Gasteiger partial charge in [0.2, 0.25) is 5.91 Å². The van der Waals surface area contributed by atoms with E-state index in [1.165, 1.54) is 17.3 Å². The second-order valence-electron chi connectivity index (χ2n) is 7.06. The molecule has 0 aromatic heterocycles. The topological polar surface area (TPSA) is 76.7 Å². The van der Waals surface area contributed by atoms with E-state index in [9.17, 15) is 9.59 Å². The molecule has 0 aliphatic carbocycles. The Morgan fingerprint density at radius 3 is 1.91 bits per heavy atom. The molecule has 2 amide bonds. The van der Waals surface area contributed by atoms with Crippen LogP contribution in [0.4, 0.5) is 11.4 Å². The van der Waals surface area contributed by atoms with Crippen LogP contribution < -0.4 is 20.1 Å². The molecule has 3 aromatic carbocycles. The van der Waals surface area contributed by atoms with Gasteiger partial charge in [0.05, 0.1) is 30.3 Å². The van der Waals surface area contributed by atoms with Gasteiger partial charge in [-0.2, -0.15) is 0 Å². The third-order valence-corrected chi connectivity index (χ3v) is 5.59. The zero-order valence-corrected chi connectivity index (χ0v) is 19.6. The Morgan fingerprint density at radius 2 is 1.33 bits per heavy atom. The van der Waals surface area contributed by atoms with Crippen LogP contribution in [-0.2, 0) is 10.5 Å². The summed E-state index contributed by atoms with van der Waals surface area (Å²) in [5.74, 6) is 1.58. The van der Waals surface area contributed by atoms with Crippen LogP contribution in [0.2, 0.25) is 0 Å². The summed E-state index contributed by atoms with van der Waals surface area (Å²) < 4.78 is 11.5. The monoisotopic (exact) mass is 464 g/mol. The van der Waals surface area contributed by atoms with E-state index >= 15 is 0 Å². The summed E-state index contributed by atoms with van der Waals surface area (Å²) in [6.45, 7) is 4.53. The highest BCUT2D eigenvalue weighted by atomic mass is 32.2. The molecule has 0 aliphatic heterocycles. The Labute approximate surface area is 198 Å². The summed E-state index contributed by atoms with van der Waals surface area (Å²) in [6, 6.07) is 22.3. The van der Waals surface area contributed by atoms with E-state index in [0.29, 0.717) is 47.4 Å². The number of rotatable bonds is 11. The molecule has 6 nitrogen and oxygen atoms in total. The van der Waals surface area contributed by atoms with E-state index in [-0.39, 0.29) is 11.8 Å². The van der Waals surface area contributed by atoms with Crippen molar-refractivity contribution in [2.75, 3.05) is 29.6 Å². The highest BCUT2D eigenvalue weighted by Crippen LogP contribution is 2.37. The van der Waals surface area contributed by atoms with Crippen LogP contribution >= 0.6 is 11.8 Å². The maximum atomic E-state index is 12.7. The van der Waals surface area contributed by atoms with Gasteiger partial charge in [-0.25, -0.2) is 0 Å². The predicted octanol–water partition coefficient (Wildman–Crippen LogP) is 5.61. The number of amides is 2. The smallest absolute Gasteiger partial charge is 0.255 e. The third-order valence-electron chi connectivity index (χ3n) is 4.58. The van der Waals surface area contributed by atoms with Crippen LogP contribution in [0.25, 0.3) is 0 Å². The highest BCUT2D eigenvalue weighted by Gasteiger charge is 2.17. The molecule has 0 aliphatic rings. The van der Waals surface area contributed by atoms with E-state index in [0.717, 1.165) is 5.75 Å². The van der Waals surface area contributed by atoms with E-state index in [4.69, 9.17) is 9.47 Å². The van der Waals surface area contributed by atoms with Gasteiger partial charge in [-0.1, -0.05) is 48.5 Å². The Bertz CT molecular complexity index is 1060. The van der Waals surface area contributed by atoms with Gasteiger partial charge < -0.3 is 20.1 Å². The quantitative estimate of drug-likeness (QED) is 0.386. The normalized spacial score (nSPS) is 10.4. The number of carbonyl (C=O) groups is 2. The van der Waals surface area contributed by atoms with Crippen molar-refractivity contribution < 1.29 is 19.1 Å². The zero-order chi connectivity index (χ0) is 23.5. The van der Waals surface area contributed by atoms with Crippen LogP contribution in [0.15, 0.2) is 72.8 Å². The fraction of sp³-hybridized carbons (Fsp3) is 0.231. The first kappa shape index (κ1) is 24.2. The first-order valence-electron chi connectivity index (χ1n) is 10.8. The van der Waals surface area contributed by atoms with Crippen molar-refractivity contribution >= 4 is 35.0 Å². The molecule has 0 spiro atoms. The maximum absolute atomic E-state index is 12.7. The van der Waals surface area contributed by atoms with Crippen molar-refractivity contribution in [2.45, 2.75) is 19.6 Å². The molecule has 3 aromatic rings. The lowest BCUT2D eigenvalue weighted by Crippen LogP contribution is -2.17. The molecule has 0 saturated heterocycles. The maximum Gasteiger partial charge on any atom is 0.255 e. The summed E-state index contributed by atoms with van der Waals surface area (Å²) in [7, 11) is 0. The van der Waals surface area contributed by atoms with E-state index in [1.54, 1.807) is 36.4 Å². The van der Waals surface area contributed by atoms with Crippen LogP contribution in [0.5, 0.6) is 11.5 Å². The lowest BCUT2D eigenvalue weighted by molar-refractivity contribution is -0.113. The Balaban J connectivity index is 1.74. The number of nitrogens with one attached hydrogen (secondary N) is 2. The summed E-state index contributed by atoms with van der Waals surface area (Å²) in [4.78, 5) is 25.2. The molecule has 0 atom stereocenters. The van der Waals surface area contributed by atoms with Gasteiger partial charge in [0.15, 0.2) is 0 Å². The molecule has 0 radical (unpaired) electrons. The minimum absolute atomic E-state index is 0.139. The van der Waals surface area contributed by atoms with Crippen molar-refractivity contribution in [1.29, 1.82) is 0 Å². The minimum atomic E-state index is -0.256. The van der Waals surface area contributed by atoms with Crippen molar-refractivity contribution in [2.24, 2.45) is 0 Å². The predicted molar refractivity (Wildman–Crippen MR) is 134 cm³/mol. The molecule has 3 rings (SSSR count). The van der Waals surface area contributed by atoms with Gasteiger partial charge in [0, 0.05) is 23.4 Å². The lowest BCUT2D eigenvalue weighted by atomic mass is 10.2. The number of ether oxygens (including phenoxy) is 2. The second kappa shape index (κ2) is 12.6. The molecule has 0 fully saturated rings. The van der Waals surface area contributed by atoms with Crippen molar-refractivity contribution in [3.8, 4) is 11.5 Å². The Kier molecular flexibility index (Phi) is 9.20. The van der Waals surface area contributed by atoms with E-state index < -0.39 is 0 Å².